The lowest BCUT2D eigenvalue weighted by Crippen LogP contribution is -2.14. The molecule has 0 saturated carbocycles. The van der Waals surface area contributed by atoms with Gasteiger partial charge >= 0.3 is 0 Å². The highest BCUT2D eigenvalue weighted by molar-refractivity contribution is 7.14. The van der Waals surface area contributed by atoms with E-state index in [-0.39, 0.29) is 5.91 Å². The van der Waals surface area contributed by atoms with E-state index < -0.39 is 0 Å². The second-order valence-corrected chi connectivity index (χ2v) is 7.16. The molecule has 0 saturated heterocycles. The molecule has 140 valence electrons. The van der Waals surface area contributed by atoms with Crippen LogP contribution in [0.4, 0.5) is 5.13 Å². The van der Waals surface area contributed by atoms with Crippen LogP contribution in [0.1, 0.15) is 27.0 Å². The number of ether oxygens (including phenoxy) is 2. The molecule has 1 heterocycles. The number of hydrogen-bond donors (Lipinski definition) is 1. The quantitative estimate of drug-likeness (QED) is 0.674. The van der Waals surface area contributed by atoms with Crippen LogP contribution < -0.4 is 14.8 Å². The fraction of sp³-hybridized carbons (Fsp3) is 0.238. The zero-order valence-electron chi connectivity index (χ0n) is 16.0. The molecular weight excluding hydrogens is 360 g/mol. The number of aryl methyl sites for hydroxylation is 3. The fourth-order valence-electron chi connectivity index (χ4n) is 3.26. The SMILES string of the molecule is COc1cccc(OC)c1C(=O)Nc1nc(-c2c(C)cc(C)cc2C)cs1. The van der Waals surface area contributed by atoms with Crippen LogP contribution >= 0.6 is 11.3 Å². The molecule has 2 aromatic carbocycles. The van der Waals surface area contributed by atoms with Gasteiger partial charge in [0.2, 0.25) is 0 Å². The van der Waals surface area contributed by atoms with E-state index in [4.69, 9.17) is 9.47 Å². The maximum atomic E-state index is 12.8. The van der Waals surface area contributed by atoms with Gasteiger partial charge in [0.05, 0.1) is 19.9 Å². The average molecular weight is 382 g/mol. The first kappa shape index (κ1) is 18.9. The second kappa shape index (κ2) is 7.80. The number of thiazole rings is 1. The molecule has 0 bridgehead atoms. The van der Waals surface area contributed by atoms with Gasteiger partial charge in [0.25, 0.3) is 5.91 Å². The minimum atomic E-state index is -0.317. The minimum absolute atomic E-state index is 0.317. The van der Waals surface area contributed by atoms with Gasteiger partial charge in [-0.3, -0.25) is 10.1 Å². The highest BCUT2D eigenvalue weighted by Crippen LogP contribution is 2.33. The van der Waals surface area contributed by atoms with Crippen LogP contribution in [0.3, 0.4) is 0 Å². The lowest BCUT2D eigenvalue weighted by Gasteiger charge is -2.12. The third kappa shape index (κ3) is 3.80. The summed E-state index contributed by atoms with van der Waals surface area (Å²) in [6.45, 7) is 6.23. The molecule has 3 aromatic rings. The Morgan fingerprint density at radius 1 is 1.04 bits per heavy atom. The van der Waals surface area contributed by atoms with Crippen LogP contribution in [-0.4, -0.2) is 25.1 Å². The van der Waals surface area contributed by atoms with Gasteiger partial charge in [-0.15, -0.1) is 11.3 Å². The number of rotatable bonds is 5. The Morgan fingerprint density at radius 2 is 1.63 bits per heavy atom. The van der Waals surface area contributed by atoms with Crippen molar-refractivity contribution in [3.05, 3.63) is 58.0 Å². The Hall–Kier alpha value is -2.86. The van der Waals surface area contributed by atoms with E-state index in [1.165, 1.54) is 42.2 Å². The normalized spacial score (nSPS) is 10.6. The summed E-state index contributed by atoms with van der Waals surface area (Å²) in [6.07, 6.45) is 0. The first-order valence-electron chi connectivity index (χ1n) is 8.50. The number of hydrogen-bond acceptors (Lipinski definition) is 5. The molecule has 0 radical (unpaired) electrons. The topological polar surface area (TPSA) is 60.5 Å². The van der Waals surface area contributed by atoms with E-state index in [0.717, 1.165) is 11.3 Å². The van der Waals surface area contributed by atoms with E-state index in [1.54, 1.807) is 18.2 Å². The summed E-state index contributed by atoms with van der Waals surface area (Å²) in [6, 6.07) is 9.51. The van der Waals surface area contributed by atoms with Gasteiger partial charge in [0.1, 0.15) is 17.1 Å². The molecule has 1 amide bonds. The Morgan fingerprint density at radius 3 is 2.19 bits per heavy atom. The number of carbonyl (C=O) groups is 1. The molecule has 0 aliphatic carbocycles. The predicted octanol–water partition coefficient (Wildman–Crippen LogP) is 5.00. The van der Waals surface area contributed by atoms with Crippen molar-refractivity contribution < 1.29 is 14.3 Å². The Kier molecular flexibility index (Phi) is 5.46. The first-order valence-corrected chi connectivity index (χ1v) is 9.38. The zero-order valence-corrected chi connectivity index (χ0v) is 16.9. The smallest absolute Gasteiger partial charge is 0.265 e. The Balaban J connectivity index is 1.91. The van der Waals surface area contributed by atoms with Gasteiger partial charge in [-0.1, -0.05) is 23.8 Å². The van der Waals surface area contributed by atoms with Crippen molar-refractivity contribution in [1.82, 2.24) is 4.98 Å². The molecule has 5 nitrogen and oxygen atoms in total. The van der Waals surface area contributed by atoms with Crippen molar-refractivity contribution in [2.45, 2.75) is 20.8 Å². The van der Waals surface area contributed by atoms with Gasteiger partial charge in [-0.05, 0) is 44.0 Å². The number of nitrogens with zero attached hydrogens (tertiary/aromatic N) is 1. The van der Waals surface area contributed by atoms with Crippen molar-refractivity contribution in [1.29, 1.82) is 0 Å². The molecule has 27 heavy (non-hydrogen) atoms. The standard InChI is InChI=1S/C21H22N2O3S/c1-12-9-13(2)18(14(3)10-12)15-11-27-21(22-15)23-20(24)19-16(25-4)7-6-8-17(19)26-5/h6-11H,1-5H3,(H,22,23,24). The maximum Gasteiger partial charge on any atom is 0.265 e. The van der Waals surface area contributed by atoms with Crippen LogP contribution in [0.2, 0.25) is 0 Å². The molecule has 3 rings (SSSR count). The Labute approximate surface area is 163 Å². The molecule has 0 unspecified atom stereocenters. The predicted molar refractivity (Wildman–Crippen MR) is 109 cm³/mol. The molecule has 0 spiro atoms. The highest BCUT2D eigenvalue weighted by Gasteiger charge is 2.20. The van der Waals surface area contributed by atoms with Gasteiger partial charge in [0.15, 0.2) is 5.13 Å². The molecule has 0 aliphatic rings. The number of carbonyl (C=O) groups excluding carboxylic acids is 1. The third-order valence-corrected chi connectivity index (χ3v) is 5.07. The number of amides is 1. The largest absolute Gasteiger partial charge is 0.496 e. The van der Waals surface area contributed by atoms with Gasteiger partial charge in [0, 0.05) is 10.9 Å². The molecule has 6 heteroatoms. The van der Waals surface area contributed by atoms with E-state index in [1.807, 2.05) is 5.38 Å². The summed E-state index contributed by atoms with van der Waals surface area (Å²) in [7, 11) is 3.05. The maximum absolute atomic E-state index is 12.8. The summed E-state index contributed by atoms with van der Waals surface area (Å²) in [5.41, 5.74) is 5.87. The summed E-state index contributed by atoms with van der Waals surface area (Å²) in [5.74, 6) is 0.588. The summed E-state index contributed by atoms with van der Waals surface area (Å²) >= 11 is 1.39. The molecule has 1 aromatic heterocycles. The minimum Gasteiger partial charge on any atom is -0.496 e. The number of benzene rings is 2. The highest BCUT2D eigenvalue weighted by atomic mass is 32.1. The summed E-state index contributed by atoms with van der Waals surface area (Å²) < 4.78 is 10.6. The summed E-state index contributed by atoms with van der Waals surface area (Å²) in [4.78, 5) is 17.4. The zero-order chi connectivity index (χ0) is 19.6. The van der Waals surface area contributed by atoms with E-state index in [9.17, 15) is 4.79 Å². The van der Waals surface area contributed by atoms with Crippen molar-refractivity contribution in [2.24, 2.45) is 0 Å². The number of methoxy groups -OCH3 is 2. The van der Waals surface area contributed by atoms with Gasteiger partial charge in [-0.25, -0.2) is 4.98 Å². The van der Waals surface area contributed by atoms with E-state index in [2.05, 4.69) is 43.2 Å². The molecule has 1 N–H and O–H groups in total. The lowest BCUT2D eigenvalue weighted by atomic mass is 9.98. The number of aromatic nitrogens is 1. The molecule has 0 atom stereocenters. The average Bonchev–Trinajstić information content (AvgIpc) is 3.07. The van der Waals surface area contributed by atoms with Crippen molar-refractivity contribution in [3.63, 3.8) is 0 Å². The van der Waals surface area contributed by atoms with Crippen molar-refractivity contribution >= 4 is 22.4 Å². The number of nitrogens with one attached hydrogen (secondary N) is 1. The van der Waals surface area contributed by atoms with Crippen LogP contribution in [0.25, 0.3) is 11.3 Å². The Bertz CT molecular complexity index is 950. The van der Waals surface area contributed by atoms with Crippen LogP contribution in [0.5, 0.6) is 11.5 Å². The monoisotopic (exact) mass is 382 g/mol. The van der Waals surface area contributed by atoms with Crippen LogP contribution in [0, 0.1) is 20.8 Å². The fourth-order valence-corrected chi connectivity index (χ4v) is 3.96. The molecular formula is C21H22N2O3S. The summed E-state index contributed by atoms with van der Waals surface area (Å²) in [5, 5.41) is 5.34. The molecule has 0 fully saturated rings. The van der Waals surface area contributed by atoms with Crippen LogP contribution in [-0.2, 0) is 0 Å². The van der Waals surface area contributed by atoms with Crippen molar-refractivity contribution in [2.75, 3.05) is 19.5 Å². The van der Waals surface area contributed by atoms with E-state index >= 15 is 0 Å². The molecule has 0 aliphatic heterocycles. The van der Waals surface area contributed by atoms with Gasteiger partial charge < -0.3 is 9.47 Å². The van der Waals surface area contributed by atoms with Crippen molar-refractivity contribution in [3.8, 4) is 22.8 Å². The second-order valence-electron chi connectivity index (χ2n) is 6.30. The third-order valence-electron chi connectivity index (χ3n) is 4.31. The van der Waals surface area contributed by atoms with Crippen LogP contribution in [0.15, 0.2) is 35.7 Å². The van der Waals surface area contributed by atoms with Gasteiger partial charge in [-0.2, -0.15) is 0 Å². The number of anilines is 1. The van der Waals surface area contributed by atoms with E-state index in [0.29, 0.717) is 22.2 Å². The lowest BCUT2D eigenvalue weighted by molar-refractivity contribution is 0.102. The first-order chi connectivity index (χ1) is 12.9.